The predicted octanol–water partition coefficient (Wildman–Crippen LogP) is 2.08. The molecule has 8 nitrogen and oxygen atoms in total. The lowest BCUT2D eigenvalue weighted by Gasteiger charge is -2.11. The summed E-state index contributed by atoms with van der Waals surface area (Å²) in [6, 6.07) is 8.46. The van der Waals surface area contributed by atoms with E-state index in [-0.39, 0.29) is 24.2 Å². The maximum atomic E-state index is 12.2. The molecular weight excluding hydrogens is 346 g/mol. The monoisotopic (exact) mass is 371 g/mol. The van der Waals surface area contributed by atoms with Crippen LogP contribution in [0.3, 0.4) is 0 Å². The Morgan fingerprint density at radius 3 is 2.70 bits per heavy atom. The number of para-hydroxylation sites is 1. The van der Waals surface area contributed by atoms with Gasteiger partial charge >= 0.3 is 5.97 Å². The summed E-state index contributed by atoms with van der Waals surface area (Å²) in [5, 5.41) is 5.81. The maximum absolute atomic E-state index is 12.2. The van der Waals surface area contributed by atoms with E-state index in [4.69, 9.17) is 4.74 Å². The van der Waals surface area contributed by atoms with Crippen LogP contribution in [0.5, 0.6) is 0 Å². The Hall–Kier alpha value is -3.00. The van der Waals surface area contributed by atoms with Crippen LogP contribution in [0, 0.1) is 0 Å². The van der Waals surface area contributed by atoms with E-state index < -0.39 is 5.97 Å². The zero-order valence-corrected chi connectivity index (χ0v) is 15.9. The zero-order chi connectivity index (χ0) is 19.6. The number of nitrogens with zero attached hydrogens (tertiary/aromatic N) is 3. The van der Waals surface area contributed by atoms with Gasteiger partial charge in [-0.25, -0.2) is 14.8 Å². The van der Waals surface area contributed by atoms with Crippen LogP contribution in [0.15, 0.2) is 36.5 Å². The highest BCUT2D eigenvalue weighted by molar-refractivity contribution is 5.96. The fourth-order valence-electron chi connectivity index (χ4n) is 2.33. The van der Waals surface area contributed by atoms with E-state index in [0.717, 1.165) is 13.0 Å². The first-order valence-corrected chi connectivity index (χ1v) is 8.80. The lowest BCUT2D eigenvalue weighted by molar-refractivity contribution is 0.0527. The van der Waals surface area contributed by atoms with E-state index in [1.807, 2.05) is 14.1 Å². The average molecular weight is 371 g/mol. The number of aromatic nitrogens is 2. The third-order valence-corrected chi connectivity index (χ3v) is 3.62. The van der Waals surface area contributed by atoms with E-state index in [1.54, 1.807) is 37.3 Å². The van der Waals surface area contributed by atoms with Crippen molar-refractivity contribution in [3.05, 3.63) is 47.8 Å². The highest BCUT2D eigenvalue weighted by Gasteiger charge is 2.14. The molecule has 2 rings (SSSR count). The van der Waals surface area contributed by atoms with Crippen molar-refractivity contribution in [3.63, 3.8) is 0 Å². The van der Waals surface area contributed by atoms with E-state index >= 15 is 0 Å². The Bertz CT molecular complexity index is 779. The molecule has 0 spiro atoms. The molecule has 2 aromatic rings. The van der Waals surface area contributed by atoms with Crippen molar-refractivity contribution in [1.29, 1.82) is 0 Å². The first-order valence-electron chi connectivity index (χ1n) is 8.80. The molecule has 0 fully saturated rings. The molecule has 0 radical (unpaired) electrons. The Morgan fingerprint density at radius 1 is 1.19 bits per heavy atom. The number of hydrogen-bond donors (Lipinski definition) is 2. The van der Waals surface area contributed by atoms with Crippen molar-refractivity contribution in [1.82, 2.24) is 20.2 Å². The van der Waals surface area contributed by atoms with Crippen LogP contribution < -0.4 is 10.6 Å². The molecule has 2 N–H and O–H groups in total. The van der Waals surface area contributed by atoms with E-state index in [1.165, 1.54) is 6.20 Å². The fourth-order valence-corrected chi connectivity index (χ4v) is 2.33. The smallest absolute Gasteiger partial charge is 0.340 e. The minimum absolute atomic E-state index is 0.229. The van der Waals surface area contributed by atoms with Gasteiger partial charge in [0.1, 0.15) is 5.69 Å². The molecule has 144 valence electrons. The standard InChI is InChI=1S/C19H25N5O3/c1-4-27-18(26)14-8-5-6-9-15(14)22-19-21-12-10-16(23-19)17(25)20-11-7-13-24(2)3/h5-6,8-10,12H,4,7,11,13H2,1-3H3,(H,20,25)(H,21,22,23). The predicted molar refractivity (Wildman–Crippen MR) is 103 cm³/mol. The van der Waals surface area contributed by atoms with E-state index in [9.17, 15) is 9.59 Å². The number of carbonyl (C=O) groups is 2. The number of carbonyl (C=O) groups excluding carboxylic acids is 2. The molecule has 0 saturated heterocycles. The summed E-state index contributed by atoms with van der Waals surface area (Å²) in [5.41, 5.74) is 1.15. The van der Waals surface area contributed by atoms with Gasteiger partial charge in [-0.2, -0.15) is 0 Å². The van der Waals surface area contributed by atoms with Gasteiger partial charge in [0, 0.05) is 12.7 Å². The first kappa shape index (κ1) is 20.3. The summed E-state index contributed by atoms with van der Waals surface area (Å²) < 4.78 is 5.05. The summed E-state index contributed by atoms with van der Waals surface area (Å²) in [6.45, 7) is 3.49. The number of anilines is 2. The van der Waals surface area contributed by atoms with Gasteiger partial charge in [0.2, 0.25) is 5.95 Å². The van der Waals surface area contributed by atoms with Gasteiger partial charge in [0.15, 0.2) is 0 Å². The van der Waals surface area contributed by atoms with Crippen molar-refractivity contribution in [2.75, 3.05) is 39.1 Å². The average Bonchev–Trinajstić information content (AvgIpc) is 2.66. The van der Waals surface area contributed by atoms with Crippen LogP contribution in [0.25, 0.3) is 0 Å². The van der Waals surface area contributed by atoms with Crippen LogP contribution in [0.4, 0.5) is 11.6 Å². The second-order valence-electron chi connectivity index (χ2n) is 6.07. The molecule has 1 aromatic heterocycles. The molecular formula is C19H25N5O3. The third-order valence-electron chi connectivity index (χ3n) is 3.62. The minimum atomic E-state index is -0.435. The summed E-state index contributed by atoms with van der Waals surface area (Å²) in [7, 11) is 3.97. The normalized spacial score (nSPS) is 10.5. The maximum Gasteiger partial charge on any atom is 0.340 e. The first-order chi connectivity index (χ1) is 13.0. The van der Waals surface area contributed by atoms with Crippen molar-refractivity contribution in [3.8, 4) is 0 Å². The van der Waals surface area contributed by atoms with E-state index in [0.29, 0.717) is 17.8 Å². The Balaban J connectivity index is 2.06. The molecule has 0 aliphatic carbocycles. The molecule has 0 aliphatic rings. The summed E-state index contributed by atoms with van der Waals surface area (Å²) >= 11 is 0. The van der Waals surface area contributed by atoms with Crippen LogP contribution in [0.1, 0.15) is 34.2 Å². The topological polar surface area (TPSA) is 96.4 Å². The molecule has 0 aliphatic heterocycles. The largest absolute Gasteiger partial charge is 0.462 e. The van der Waals surface area contributed by atoms with Crippen LogP contribution >= 0.6 is 0 Å². The van der Waals surface area contributed by atoms with Gasteiger partial charge in [-0.05, 0) is 52.2 Å². The second-order valence-corrected chi connectivity index (χ2v) is 6.07. The van der Waals surface area contributed by atoms with Crippen molar-refractivity contribution < 1.29 is 14.3 Å². The Labute approximate surface area is 159 Å². The second kappa shape index (κ2) is 10.2. The van der Waals surface area contributed by atoms with Gasteiger partial charge in [-0.15, -0.1) is 0 Å². The van der Waals surface area contributed by atoms with Crippen molar-refractivity contribution in [2.45, 2.75) is 13.3 Å². The molecule has 0 bridgehead atoms. The third kappa shape index (κ3) is 6.34. The highest BCUT2D eigenvalue weighted by atomic mass is 16.5. The minimum Gasteiger partial charge on any atom is -0.462 e. The number of esters is 1. The quantitative estimate of drug-likeness (QED) is 0.514. The lowest BCUT2D eigenvalue weighted by Crippen LogP contribution is -2.28. The molecule has 0 unspecified atom stereocenters. The van der Waals surface area contributed by atoms with Crippen LogP contribution in [0.2, 0.25) is 0 Å². The van der Waals surface area contributed by atoms with Gasteiger partial charge in [0.25, 0.3) is 5.91 Å². The zero-order valence-electron chi connectivity index (χ0n) is 15.9. The van der Waals surface area contributed by atoms with Gasteiger partial charge in [-0.1, -0.05) is 12.1 Å². The number of rotatable bonds is 9. The summed E-state index contributed by atoms with van der Waals surface area (Å²) in [5.74, 6) is -0.471. The van der Waals surface area contributed by atoms with Gasteiger partial charge in [0.05, 0.1) is 17.9 Å². The highest BCUT2D eigenvalue weighted by Crippen LogP contribution is 2.19. The molecule has 27 heavy (non-hydrogen) atoms. The van der Waals surface area contributed by atoms with E-state index in [2.05, 4.69) is 25.5 Å². The number of hydrogen-bond acceptors (Lipinski definition) is 7. The molecule has 1 amide bonds. The summed E-state index contributed by atoms with van der Waals surface area (Å²) in [6.07, 6.45) is 2.35. The molecule has 1 heterocycles. The van der Waals surface area contributed by atoms with Crippen molar-refractivity contribution in [2.24, 2.45) is 0 Å². The molecule has 1 aromatic carbocycles. The van der Waals surface area contributed by atoms with Gasteiger partial charge < -0.3 is 20.3 Å². The SMILES string of the molecule is CCOC(=O)c1ccccc1Nc1nccc(C(=O)NCCCN(C)C)n1. The molecule has 8 heteroatoms. The Kier molecular flexibility index (Phi) is 7.69. The number of benzene rings is 1. The lowest BCUT2D eigenvalue weighted by atomic mass is 10.2. The van der Waals surface area contributed by atoms with Crippen LogP contribution in [-0.4, -0.2) is 60.5 Å². The number of amides is 1. The summed E-state index contributed by atoms with van der Waals surface area (Å²) in [4.78, 5) is 34.7. The van der Waals surface area contributed by atoms with Crippen LogP contribution in [-0.2, 0) is 4.74 Å². The molecule has 0 atom stereocenters. The fraction of sp³-hybridized carbons (Fsp3) is 0.368. The van der Waals surface area contributed by atoms with Gasteiger partial charge in [-0.3, -0.25) is 4.79 Å². The van der Waals surface area contributed by atoms with Crippen molar-refractivity contribution >= 4 is 23.5 Å². The number of ether oxygens (including phenoxy) is 1. The number of nitrogens with one attached hydrogen (secondary N) is 2. The Morgan fingerprint density at radius 2 is 1.96 bits per heavy atom. The molecule has 0 saturated carbocycles.